The van der Waals surface area contributed by atoms with Crippen LogP contribution in [0, 0.1) is 5.92 Å². The molecule has 3 aromatic rings. The molecule has 1 amide bonds. The molecule has 192 valence electrons. The zero-order valence-corrected chi connectivity index (χ0v) is 21.1. The van der Waals surface area contributed by atoms with Gasteiger partial charge in [0.25, 0.3) is 5.91 Å². The first-order valence-electron chi connectivity index (χ1n) is 12.2. The summed E-state index contributed by atoms with van der Waals surface area (Å²) in [5.74, 6) is -0.0343. The highest BCUT2D eigenvalue weighted by molar-refractivity contribution is 6.05. The number of halogens is 1. The van der Waals surface area contributed by atoms with Crippen LogP contribution in [0.25, 0.3) is 10.9 Å². The average Bonchev–Trinajstić information content (AvgIpc) is 3.24. The van der Waals surface area contributed by atoms with E-state index in [0.29, 0.717) is 17.0 Å². The fourth-order valence-corrected chi connectivity index (χ4v) is 4.31. The lowest BCUT2D eigenvalue weighted by atomic mass is 9.87. The summed E-state index contributed by atoms with van der Waals surface area (Å²) in [6.45, 7) is 6.03. The number of carbonyl (C=O) groups excluding carboxylic acids is 2. The van der Waals surface area contributed by atoms with E-state index in [4.69, 9.17) is 9.84 Å². The van der Waals surface area contributed by atoms with E-state index in [1.54, 1.807) is 32.0 Å². The molecule has 0 spiro atoms. The maximum atomic E-state index is 14.4. The Morgan fingerprint density at radius 1 is 1.22 bits per heavy atom. The van der Waals surface area contributed by atoms with Crippen LogP contribution in [0.2, 0.25) is 0 Å². The molecule has 8 nitrogen and oxygen atoms in total. The fourth-order valence-electron chi connectivity index (χ4n) is 4.31. The monoisotopic (exact) mass is 496 g/mol. The number of aromatic nitrogens is 3. The number of hydrogen-bond donors (Lipinski definition) is 2. The molecule has 9 heteroatoms. The van der Waals surface area contributed by atoms with Crippen LogP contribution in [-0.4, -0.2) is 44.3 Å². The molecule has 4 rings (SSSR count). The number of ether oxygens (including phenoxy) is 1. The van der Waals surface area contributed by atoms with Gasteiger partial charge in [0, 0.05) is 23.6 Å². The Labute approximate surface area is 209 Å². The topological polar surface area (TPSA) is 106 Å². The smallest absolute Gasteiger partial charge is 0.274 e. The van der Waals surface area contributed by atoms with Crippen LogP contribution in [0.15, 0.2) is 36.5 Å². The maximum Gasteiger partial charge on any atom is 0.274 e. The van der Waals surface area contributed by atoms with Crippen LogP contribution >= 0.6 is 0 Å². The van der Waals surface area contributed by atoms with Crippen molar-refractivity contribution >= 4 is 28.8 Å². The lowest BCUT2D eigenvalue weighted by Crippen LogP contribution is -2.28. The molecule has 2 N–H and O–H groups in total. The second-order valence-electron chi connectivity index (χ2n) is 10.7. The summed E-state index contributed by atoms with van der Waals surface area (Å²) in [6, 6.07) is 8.36. The highest BCUT2D eigenvalue weighted by Gasteiger charge is 2.25. The number of amides is 1. The minimum atomic E-state index is -1.68. The van der Waals surface area contributed by atoms with E-state index < -0.39 is 17.2 Å². The van der Waals surface area contributed by atoms with E-state index in [0.717, 1.165) is 37.4 Å². The highest BCUT2D eigenvalue weighted by atomic mass is 19.1. The Balaban J connectivity index is 1.64. The molecule has 0 unspecified atom stereocenters. The van der Waals surface area contributed by atoms with Gasteiger partial charge in [-0.15, -0.1) is 0 Å². The third kappa shape index (κ3) is 6.07. The first-order chi connectivity index (χ1) is 16.9. The van der Waals surface area contributed by atoms with Crippen LogP contribution in [0.1, 0.15) is 75.6 Å². The van der Waals surface area contributed by atoms with E-state index in [2.05, 4.69) is 10.3 Å². The van der Waals surface area contributed by atoms with Gasteiger partial charge in [-0.25, -0.2) is 9.37 Å². The van der Waals surface area contributed by atoms with Crippen LogP contribution in [0.4, 0.5) is 10.1 Å². The molecule has 2 heterocycles. The van der Waals surface area contributed by atoms with Gasteiger partial charge in [-0.1, -0.05) is 6.07 Å². The molecule has 36 heavy (non-hydrogen) atoms. The van der Waals surface area contributed by atoms with E-state index in [1.165, 1.54) is 26.0 Å². The second kappa shape index (κ2) is 9.97. The van der Waals surface area contributed by atoms with Gasteiger partial charge in [0.05, 0.1) is 28.5 Å². The predicted octanol–water partition coefficient (Wildman–Crippen LogP) is 4.97. The van der Waals surface area contributed by atoms with E-state index >= 15 is 0 Å². The number of rotatable bonds is 8. The van der Waals surface area contributed by atoms with Crippen molar-refractivity contribution in [3.05, 3.63) is 47.9 Å². The zero-order valence-electron chi connectivity index (χ0n) is 21.1. The molecule has 0 aliphatic heterocycles. The SMILES string of the molecule is CC(C)(O)COc1cc2nn(C3CCC(C=O)CC3)cc2cc1NC(=O)c1cccc(C(C)(C)F)n1. The normalized spacial score (nSPS) is 18.7. The molecule has 1 fully saturated rings. The number of alkyl halides is 1. The van der Waals surface area contributed by atoms with Crippen molar-refractivity contribution in [1.29, 1.82) is 0 Å². The summed E-state index contributed by atoms with van der Waals surface area (Å²) >= 11 is 0. The van der Waals surface area contributed by atoms with Crippen molar-refractivity contribution in [2.45, 2.75) is 70.7 Å². The van der Waals surface area contributed by atoms with Crippen LogP contribution in [0.3, 0.4) is 0 Å². The fraction of sp³-hybridized carbons (Fsp3) is 0.481. The summed E-state index contributed by atoms with van der Waals surface area (Å²) in [7, 11) is 0. The molecule has 1 aliphatic carbocycles. The second-order valence-corrected chi connectivity index (χ2v) is 10.7. The Hall–Kier alpha value is -3.33. The third-order valence-electron chi connectivity index (χ3n) is 6.35. The molecule has 0 bridgehead atoms. The number of anilines is 1. The molecule has 0 radical (unpaired) electrons. The number of nitrogens with one attached hydrogen (secondary N) is 1. The average molecular weight is 497 g/mol. The van der Waals surface area contributed by atoms with Crippen molar-refractivity contribution in [2.24, 2.45) is 5.92 Å². The number of benzene rings is 1. The van der Waals surface area contributed by atoms with Crippen LogP contribution < -0.4 is 10.1 Å². The lowest BCUT2D eigenvalue weighted by molar-refractivity contribution is -0.112. The number of fused-ring (bicyclic) bond motifs is 1. The molecular weight excluding hydrogens is 463 g/mol. The molecule has 1 aromatic carbocycles. The van der Waals surface area contributed by atoms with Crippen molar-refractivity contribution in [3.63, 3.8) is 0 Å². The number of carbonyl (C=O) groups is 2. The Morgan fingerprint density at radius 3 is 2.58 bits per heavy atom. The number of pyridine rings is 1. The quantitative estimate of drug-likeness (QED) is 0.427. The number of hydrogen-bond acceptors (Lipinski definition) is 6. The Morgan fingerprint density at radius 2 is 1.94 bits per heavy atom. The highest BCUT2D eigenvalue weighted by Crippen LogP contribution is 2.35. The molecule has 1 aliphatic rings. The van der Waals surface area contributed by atoms with E-state index in [1.807, 2.05) is 10.9 Å². The predicted molar refractivity (Wildman–Crippen MR) is 135 cm³/mol. The minimum Gasteiger partial charge on any atom is -0.488 e. The Bertz CT molecular complexity index is 1250. The van der Waals surface area contributed by atoms with Gasteiger partial charge in [0.15, 0.2) is 0 Å². The largest absolute Gasteiger partial charge is 0.488 e. The summed E-state index contributed by atoms with van der Waals surface area (Å²) in [6.07, 6.45) is 6.39. The van der Waals surface area contributed by atoms with E-state index in [-0.39, 0.29) is 30.0 Å². The summed E-state index contributed by atoms with van der Waals surface area (Å²) < 4.78 is 22.2. The van der Waals surface area contributed by atoms with E-state index in [9.17, 15) is 19.1 Å². The van der Waals surface area contributed by atoms with Crippen molar-refractivity contribution in [2.75, 3.05) is 11.9 Å². The standard InChI is InChI=1S/C27H33FN4O4/c1-26(2,35)16-36-23-13-21-18(14-32(31-21)19-10-8-17(15-33)9-11-19)12-22(23)30-25(34)20-6-5-7-24(29-20)27(3,4)28/h5-7,12-15,17,19,35H,8-11,16H2,1-4H3,(H,30,34). The van der Waals surface area contributed by atoms with Crippen molar-refractivity contribution in [1.82, 2.24) is 14.8 Å². The number of nitrogens with zero attached hydrogens (tertiary/aromatic N) is 3. The van der Waals surface area contributed by atoms with Gasteiger partial charge in [-0.3, -0.25) is 9.48 Å². The first kappa shape index (κ1) is 25.8. The summed E-state index contributed by atoms with van der Waals surface area (Å²) in [4.78, 5) is 28.3. The molecule has 0 atom stereocenters. The van der Waals surface area contributed by atoms with Gasteiger partial charge in [-0.2, -0.15) is 5.10 Å². The zero-order chi connectivity index (χ0) is 26.1. The van der Waals surface area contributed by atoms with Crippen LogP contribution in [0.5, 0.6) is 5.75 Å². The molecule has 1 saturated carbocycles. The number of aliphatic hydroxyl groups is 1. The first-order valence-corrected chi connectivity index (χ1v) is 12.2. The lowest BCUT2D eigenvalue weighted by Gasteiger charge is -2.25. The Kier molecular flexibility index (Phi) is 7.13. The molecule has 0 saturated heterocycles. The molecule has 2 aromatic heterocycles. The van der Waals surface area contributed by atoms with Crippen LogP contribution in [-0.2, 0) is 10.5 Å². The summed E-state index contributed by atoms with van der Waals surface area (Å²) in [5, 5.41) is 18.5. The molecular formula is C27H33FN4O4. The van der Waals surface area contributed by atoms with Gasteiger partial charge >= 0.3 is 0 Å². The van der Waals surface area contributed by atoms with Crippen molar-refractivity contribution < 1.29 is 23.8 Å². The van der Waals surface area contributed by atoms with Gasteiger partial charge in [0.1, 0.15) is 30.0 Å². The summed E-state index contributed by atoms with van der Waals surface area (Å²) in [5.41, 5.74) is -1.45. The van der Waals surface area contributed by atoms with Crippen molar-refractivity contribution in [3.8, 4) is 5.75 Å². The van der Waals surface area contributed by atoms with Gasteiger partial charge in [0.2, 0.25) is 0 Å². The van der Waals surface area contributed by atoms with Gasteiger partial charge in [-0.05, 0) is 71.6 Å². The number of aldehydes is 1. The minimum absolute atomic E-state index is 0.00156. The van der Waals surface area contributed by atoms with Gasteiger partial charge < -0.3 is 20.0 Å². The third-order valence-corrected chi connectivity index (χ3v) is 6.35. The maximum absolute atomic E-state index is 14.4.